The quantitative estimate of drug-likeness (QED) is 0.674. The van der Waals surface area contributed by atoms with Crippen LogP contribution in [-0.2, 0) is 0 Å². The molecule has 106 valence electrons. The predicted molar refractivity (Wildman–Crippen MR) is 82.3 cm³/mol. The van der Waals surface area contributed by atoms with E-state index in [1.54, 1.807) is 24.3 Å². The Bertz CT molecular complexity index is 822. The Morgan fingerprint density at radius 2 is 1.95 bits per heavy atom. The summed E-state index contributed by atoms with van der Waals surface area (Å²) in [6.45, 7) is 0. The van der Waals surface area contributed by atoms with Gasteiger partial charge in [-0.1, -0.05) is 32.7 Å². The Morgan fingerprint density at radius 1 is 1.14 bits per heavy atom. The maximum atomic E-state index is 13.3. The lowest BCUT2D eigenvalue weighted by Gasteiger charge is -2.00. The van der Waals surface area contributed by atoms with Crippen molar-refractivity contribution in [2.24, 2.45) is 0 Å². The molecule has 2 aromatic carbocycles. The van der Waals surface area contributed by atoms with Gasteiger partial charge in [-0.3, -0.25) is 0 Å². The van der Waals surface area contributed by atoms with E-state index >= 15 is 0 Å². The fraction of sp³-hybridized carbons (Fsp3) is 0. The highest BCUT2D eigenvalue weighted by Gasteiger charge is 2.15. The van der Waals surface area contributed by atoms with Crippen molar-refractivity contribution in [2.75, 3.05) is 5.73 Å². The first-order valence-corrected chi connectivity index (χ1v) is 7.06. The van der Waals surface area contributed by atoms with Crippen molar-refractivity contribution in [3.63, 3.8) is 0 Å². The standard InChI is InChI=1S/C14H8BrClFN3O/c15-11-4-1-7(17)5-10(11)13-19-14(21-20-13)9-3-2-8(18)6-12(9)16/h1-6H,18H2. The van der Waals surface area contributed by atoms with Crippen molar-refractivity contribution >= 4 is 33.2 Å². The normalized spacial score (nSPS) is 10.8. The number of hydrogen-bond donors (Lipinski definition) is 1. The Balaban J connectivity index is 2.06. The van der Waals surface area contributed by atoms with Gasteiger partial charge in [0.05, 0.1) is 10.6 Å². The lowest BCUT2D eigenvalue weighted by molar-refractivity contribution is 0.432. The number of rotatable bonds is 2. The number of nitrogens with two attached hydrogens (primary N) is 1. The Morgan fingerprint density at radius 3 is 2.71 bits per heavy atom. The van der Waals surface area contributed by atoms with E-state index in [1.165, 1.54) is 12.1 Å². The van der Waals surface area contributed by atoms with Crippen LogP contribution in [0.15, 0.2) is 45.4 Å². The van der Waals surface area contributed by atoms with E-state index in [2.05, 4.69) is 26.1 Å². The third-order valence-corrected chi connectivity index (χ3v) is 3.82. The number of hydrogen-bond acceptors (Lipinski definition) is 4. The van der Waals surface area contributed by atoms with Crippen LogP contribution in [0.5, 0.6) is 0 Å². The molecule has 0 amide bonds. The number of nitrogens with zero attached hydrogens (tertiary/aromatic N) is 2. The zero-order valence-corrected chi connectivity index (χ0v) is 12.8. The molecule has 0 aliphatic carbocycles. The summed E-state index contributed by atoms with van der Waals surface area (Å²) in [5, 5.41) is 4.26. The SMILES string of the molecule is Nc1ccc(-c2nc(-c3cc(F)ccc3Br)no2)c(Cl)c1. The largest absolute Gasteiger partial charge is 0.399 e. The zero-order chi connectivity index (χ0) is 15.0. The Labute approximate surface area is 132 Å². The molecule has 0 aliphatic heterocycles. The highest BCUT2D eigenvalue weighted by molar-refractivity contribution is 9.10. The molecule has 0 aliphatic rings. The van der Waals surface area contributed by atoms with E-state index in [9.17, 15) is 4.39 Å². The van der Waals surface area contributed by atoms with E-state index in [0.29, 0.717) is 26.3 Å². The summed E-state index contributed by atoms with van der Waals surface area (Å²) in [6, 6.07) is 9.21. The number of nitrogen functional groups attached to an aromatic ring is 1. The molecule has 0 spiro atoms. The molecule has 3 rings (SSSR count). The first-order chi connectivity index (χ1) is 10.0. The van der Waals surface area contributed by atoms with Crippen molar-refractivity contribution in [3.05, 3.63) is 51.7 Å². The third-order valence-electron chi connectivity index (χ3n) is 2.82. The fourth-order valence-electron chi connectivity index (χ4n) is 1.82. The molecule has 7 heteroatoms. The zero-order valence-electron chi connectivity index (χ0n) is 10.5. The lowest BCUT2D eigenvalue weighted by Crippen LogP contribution is -1.87. The fourth-order valence-corrected chi connectivity index (χ4v) is 2.51. The molecule has 0 fully saturated rings. The van der Waals surface area contributed by atoms with Gasteiger partial charge in [-0.05, 0) is 36.4 Å². The second-order valence-corrected chi connectivity index (χ2v) is 5.55. The topological polar surface area (TPSA) is 64.9 Å². The minimum Gasteiger partial charge on any atom is -0.399 e. The van der Waals surface area contributed by atoms with Gasteiger partial charge in [0.15, 0.2) is 0 Å². The number of aromatic nitrogens is 2. The lowest BCUT2D eigenvalue weighted by atomic mass is 10.2. The van der Waals surface area contributed by atoms with E-state index in [4.69, 9.17) is 21.9 Å². The maximum Gasteiger partial charge on any atom is 0.259 e. The van der Waals surface area contributed by atoms with Crippen molar-refractivity contribution in [3.8, 4) is 22.8 Å². The highest BCUT2D eigenvalue weighted by atomic mass is 79.9. The minimum atomic E-state index is -0.384. The second-order valence-electron chi connectivity index (χ2n) is 4.29. The summed E-state index contributed by atoms with van der Waals surface area (Å²) < 4.78 is 19.2. The van der Waals surface area contributed by atoms with Gasteiger partial charge in [0.2, 0.25) is 5.82 Å². The molecule has 0 saturated carbocycles. The van der Waals surface area contributed by atoms with Gasteiger partial charge in [0.1, 0.15) is 5.82 Å². The van der Waals surface area contributed by atoms with Gasteiger partial charge < -0.3 is 10.3 Å². The summed E-state index contributed by atoms with van der Waals surface area (Å²) in [7, 11) is 0. The average molecular weight is 369 g/mol. The maximum absolute atomic E-state index is 13.3. The first-order valence-electron chi connectivity index (χ1n) is 5.89. The summed E-state index contributed by atoms with van der Waals surface area (Å²) >= 11 is 9.42. The molecule has 4 nitrogen and oxygen atoms in total. The molecule has 3 aromatic rings. The van der Waals surface area contributed by atoms with Crippen LogP contribution < -0.4 is 5.73 Å². The van der Waals surface area contributed by atoms with E-state index in [0.717, 1.165) is 0 Å². The van der Waals surface area contributed by atoms with Crippen LogP contribution in [0.2, 0.25) is 5.02 Å². The summed E-state index contributed by atoms with van der Waals surface area (Å²) in [5.74, 6) is 0.125. The van der Waals surface area contributed by atoms with Crippen LogP contribution in [0.4, 0.5) is 10.1 Å². The van der Waals surface area contributed by atoms with Crippen LogP contribution >= 0.6 is 27.5 Å². The van der Waals surface area contributed by atoms with Crippen molar-refractivity contribution in [2.45, 2.75) is 0 Å². The first kappa shape index (κ1) is 14.0. The molecule has 21 heavy (non-hydrogen) atoms. The van der Waals surface area contributed by atoms with Gasteiger partial charge in [0.25, 0.3) is 5.89 Å². The van der Waals surface area contributed by atoms with E-state index in [-0.39, 0.29) is 17.5 Å². The highest BCUT2D eigenvalue weighted by Crippen LogP contribution is 2.32. The molecular weight excluding hydrogens is 361 g/mol. The molecule has 1 aromatic heterocycles. The number of benzene rings is 2. The van der Waals surface area contributed by atoms with Gasteiger partial charge in [-0.25, -0.2) is 4.39 Å². The van der Waals surface area contributed by atoms with Gasteiger partial charge in [-0.15, -0.1) is 0 Å². The monoisotopic (exact) mass is 367 g/mol. The Hall–Kier alpha value is -1.92. The van der Waals surface area contributed by atoms with Crippen LogP contribution in [0.1, 0.15) is 0 Å². The number of halogens is 3. The minimum absolute atomic E-state index is 0.242. The van der Waals surface area contributed by atoms with Crippen molar-refractivity contribution < 1.29 is 8.91 Å². The second kappa shape index (κ2) is 5.46. The molecule has 0 radical (unpaired) electrons. The smallest absolute Gasteiger partial charge is 0.259 e. The van der Waals surface area contributed by atoms with Crippen LogP contribution in [0.25, 0.3) is 22.8 Å². The molecular formula is C14H8BrClFN3O. The van der Waals surface area contributed by atoms with E-state index in [1.807, 2.05) is 0 Å². The molecule has 2 N–H and O–H groups in total. The summed E-state index contributed by atoms with van der Waals surface area (Å²) in [4.78, 5) is 4.24. The van der Waals surface area contributed by atoms with Crippen LogP contribution in [0.3, 0.4) is 0 Å². The van der Waals surface area contributed by atoms with Crippen LogP contribution in [-0.4, -0.2) is 10.1 Å². The van der Waals surface area contributed by atoms with Crippen molar-refractivity contribution in [1.29, 1.82) is 0 Å². The molecule has 0 atom stereocenters. The van der Waals surface area contributed by atoms with Gasteiger partial charge in [0, 0.05) is 15.7 Å². The molecule has 0 bridgehead atoms. The van der Waals surface area contributed by atoms with Gasteiger partial charge >= 0.3 is 0 Å². The Kier molecular flexibility index (Phi) is 3.65. The molecule has 1 heterocycles. The van der Waals surface area contributed by atoms with Crippen LogP contribution in [0, 0.1) is 5.82 Å². The third kappa shape index (κ3) is 2.77. The van der Waals surface area contributed by atoms with Crippen molar-refractivity contribution in [1.82, 2.24) is 10.1 Å². The summed E-state index contributed by atoms with van der Waals surface area (Å²) in [5.41, 5.74) is 7.24. The number of anilines is 1. The summed E-state index contributed by atoms with van der Waals surface area (Å²) in [6.07, 6.45) is 0. The van der Waals surface area contributed by atoms with E-state index < -0.39 is 0 Å². The average Bonchev–Trinajstić information content (AvgIpc) is 2.91. The molecule has 0 saturated heterocycles. The predicted octanol–water partition coefficient (Wildman–Crippen LogP) is 4.54. The molecule has 0 unspecified atom stereocenters. The van der Waals surface area contributed by atoms with Gasteiger partial charge in [-0.2, -0.15) is 4.98 Å².